The van der Waals surface area contributed by atoms with Gasteiger partial charge in [0.25, 0.3) is 0 Å². The zero-order valence-corrected chi connectivity index (χ0v) is 23.7. The van der Waals surface area contributed by atoms with Gasteiger partial charge in [0.1, 0.15) is 11.9 Å². The number of imidazole rings is 1. The lowest BCUT2D eigenvalue weighted by Gasteiger charge is -2.32. The van der Waals surface area contributed by atoms with Gasteiger partial charge in [0.15, 0.2) is 0 Å². The number of amides is 2. The number of hydrogen-bond acceptors (Lipinski definition) is 4. The van der Waals surface area contributed by atoms with Crippen LogP contribution in [0.5, 0.6) is 0 Å². The quantitative estimate of drug-likeness (QED) is 0.394. The average molecular weight is 539 g/mol. The maximum atomic E-state index is 13.7. The molecule has 7 heteroatoms. The van der Waals surface area contributed by atoms with E-state index in [4.69, 9.17) is 9.72 Å². The van der Waals surface area contributed by atoms with Crippen LogP contribution in [0.2, 0.25) is 0 Å². The number of hydrogen-bond donors (Lipinski definition) is 2. The lowest BCUT2D eigenvalue weighted by atomic mass is 9.73. The van der Waals surface area contributed by atoms with Gasteiger partial charge >= 0.3 is 6.09 Å². The molecule has 3 aliphatic carbocycles. The van der Waals surface area contributed by atoms with Crippen molar-refractivity contribution in [2.45, 2.75) is 76.9 Å². The molecule has 1 saturated heterocycles. The van der Waals surface area contributed by atoms with E-state index in [1.54, 1.807) is 11.1 Å². The number of alkyl carbamates (subject to hydrolysis) is 1. The second-order valence-corrected chi connectivity index (χ2v) is 12.6. The Morgan fingerprint density at radius 2 is 1.82 bits per heavy atom. The number of fused-ring (bicyclic) bond motifs is 4. The fourth-order valence-corrected chi connectivity index (χ4v) is 7.54. The van der Waals surface area contributed by atoms with Gasteiger partial charge in [-0.2, -0.15) is 0 Å². The molecule has 1 aliphatic heterocycles. The maximum Gasteiger partial charge on any atom is 0.407 e. The highest BCUT2D eigenvalue weighted by Gasteiger charge is 2.56. The van der Waals surface area contributed by atoms with Crippen LogP contribution in [-0.4, -0.2) is 46.1 Å². The number of nitrogens with one attached hydrogen (secondary N) is 2. The molecule has 7 rings (SSSR count). The van der Waals surface area contributed by atoms with Crippen LogP contribution in [0.25, 0.3) is 22.4 Å². The van der Waals surface area contributed by atoms with Crippen LogP contribution in [0.1, 0.15) is 74.0 Å². The second-order valence-electron chi connectivity index (χ2n) is 12.6. The van der Waals surface area contributed by atoms with E-state index in [2.05, 4.69) is 53.6 Å². The molecule has 2 aromatic carbocycles. The molecule has 4 aliphatic rings. The third-order valence-electron chi connectivity index (χ3n) is 10.0. The van der Waals surface area contributed by atoms with Crippen molar-refractivity contribution >= 4 is 12.0 Å². The number of carbonyl (C=O) groups is 2. The zero-order chi connectivity index (χ0) is 27.7. The number of aryl methyl sites for hydroxylation is 1. The van der Waals surface area contributed by atoms with Crippen LogP contribution in [0.4, 0.5) is 4.79 Å². The van der Waals surface area contributed by atoms with Crippen LogP contribution in [-0.2, 0) is 16.0 Å². The summed E-state index contributed by atoms with van der Waals surface area (Å²) < 4.78 is 4.78. The van der Waals surface area contributed by atoms with Gasteiger partial charge in [0.05, 0.1) is 25.0 Å². The number of ether oxygens (including phenoxy) is 1. The molecular formula is C33H38N4O3. The Bertz CT molecular complexity index is 1480. The molecule has 3 fully saturated rings. The molecule has 208 valence electrons. The molecule has 7 nitrogen and oxygen atoms in total. The number of carbonyl (C=O) groups excluding carboxylic acids is 2. The van der Waals surface area contributed by atoms with Crippen molar-refractivity contribution in [2.75, 3.05) is 7.11 Å². The third kappa shape index (κ3) is 4.04. The summed E-state index contributed by atoms with van der Waals surface area (Å²) in [5.74, 6) is 2.78. The first-order valence-electron chi connectivity index (χ1n) is 14.8. The summed E-state index contributed by atoms with van der Waals surface area (Å²) in [4.78, 5) is 35.9. The SMILES string of the molecule is COC(=O)NC(C(=O)N1C(c2ncc(-c3ccc(-c4ccc(C)c5c4C4CCC4C5)cc3)[nH]2)CC2CC21)C(C)C. The number of piperidine rings is 1. The number of methoxy groups -OCH3 is 1. The first-order valence-corrected chi connectivity index (χ1v) is 14.8. The minimum absolute atomic E-state index is 0.0549. The number of nitrogens with zero attached hydrogens (tertiary/aromatic N) is 2. The minimum atomic E-state index is -0.630. The maximum absolute atomic E-state index is 13.7. The van der Waals surface area contributed by atoms with Gasteiger partial charge in [-0.15, -0.1) is 0 Å². The largest absolute Gasteiger partial charge is 0.453 e. The van der Waals surface area contributed by atoms with Crippen molar-refractivity contribution in [3.8, 4) is 22.4 Å². The second kappa shape index (κ2) is 9.50. The highest BCUT2D eigenvalue weighted by atomic mass is 16.5. The number of H-pyrrole nitrogens is 1. The summed E-state index contributed by atoms with van der Waals surface area (Å²) in [5.41, 5.74) is 9.33. The summed E-state index contributed by atoms with van der Waals surface area (Å²) in [6.45, 7) is 6.14. The van der Waals surface area contributed by atoms with Crippen LogP contribution >= 0.6 is 0 Å². The van der Waals surface area contributed by atoms with E-state index < -0.39 is 12.1 Å². The molecule has 0 radical (unpaired) electrons. The molecule has 6 atom stereocenters. The van der Waals surface area contributed by atoms with E-state index >= 15 is 0 Å². The topological polar surface area (TPSA) is 87.3 Å². The lowest BCUT2D eigenvalue weighted by Crippen LogP contribution is -2.52. The Kier molecular flexibility index (Phi) is 6.02. The number of rotatable bonds is 6. The molecule has 2 N–H and O–H groups in total. The predicted octanol–water partition coefficient (Wildman–Crippen LogP) is 6.14. The molecule has 40 heavy (non-hydrogen) atoms. The minimum Gasteiger partial charge on any atom is -0.453 e. The van der Waals surface area contributed by atoms with E-state index in [1.807, 2.05) is 24.9 Å². The summed E-state index contributed by atoms with van der Waals surface area (Å²) in [7, 11) is 1.32. The van der Waals surface area contributed by atoms with Gasteiger partial charge in [0.2, 0.25) is 5.91 Å². The van der Waals surface area contributed by atoms with Crippen LogP contribution in [0.3, 0.4) is 0 Å². The molecule has 2 amide bonds. The van der Waals surface area contributed by atoms with Gasteiger partial charge in [0, 0.05) is 6.04 Å². The summed E-state index contributed by atoms with van der Waals surface area (Å²) in [6, 6.07) is 12.9. The molecule has 0 bridgehead atoms. The monoisotopic (exact) mass is 538 g/mol. The highest BCUT2D eigenvalue weighted by molar-refractivity contribution is 5.87. The Morgan fingerprint density at radius 1 is 1.05 bits per heavy atom. The molecular weight excluding hydrogens is 500 g/mol. The zero-order valence-electron chi connectivity index (χ0n) is 23.7. The lowest BCUT2D eigenvalue weighted by molar-refractivity contribution is -0.136. The van der Waals surface area contributed by atoms with Crippen molar-refractivity contribution in [1.29, 1.82) is 0 Å². The summed E-state index contributed by atoms with van der Waals surface area (Å²) >= 11 is 0. The Balaban J connectivity index is 1.12. The highest BCUT2D eigenvalue weighted by Crippen LogP contribution is 2.55. The Morgan fingerprint density at radius 3 is 2.52 bits per heavy atom. The molecule has 2 heterocycles. The fourth-order valence-electron chi connectivity index (χ4n) is 7.54. The molecule has 3 aromatic rings. The summed E-state index contributed by atoms with van der Waals surface area (Å²) in [6.07, 6.45) is 7.14. The van der Waals surface area contributed by atoms with Crippen molar-refractivity contribution < 1.29 is 14.3 Å². The van der Waals surface area contributed by atoms with Crippen molar-refractivity contribution in [3.63, 3.8) is 0 Å². The number of benzene rings is 2. The number of aromatic nitrogens is 2. The smallest absolute Gasteiger partial charge is 0.407 e. The van der Waals surface area contributed by atoms with E-state index in [1.165, 1.54) is 43.1 Å². The van der Waals surface area contributed by atoms with Crippen molar-refractivity contribution in [3.05, 3.63) is 65.1 Å². The summed E-state index contributed by atoms with van der Waals surface area (Å²) in [5, 5.41) is 2.75. The average Bonchev–Trinajstić information content (AvgIpc) is 3.24. The first kappa shape index (κ1) is 25.4. The molecule has 6 unspecified atom stereocenters. The fraction of sp³-hybridized carbons (Fsp3) is 0.485. The standard InChI is InChI=1S/C33H38N4O3/c1-17(2)30(36-33(39)40-4)32(38)37-27-14-22(27)15-28(37)31-34-16-26(35-31)20-8-6-19(7-9-20)23-11-5-18(3)25-13-21-10-12-24(21)29(23)25/h5-9,11,16-17,21-22,24,27-28,30H,10,12-15H2,1-4H3,(H,34,35)(H,36,39). The predicted molar refractivity (Wildman–Crippen MR) is 154 cm³/mol. The Hall–Kier alpha value is -3.61. The normalized spacial score (nSPS) is 26.5. The third-order valence-corrected chi connectivity index (χ3v) is 10.0. The number of likely N-dealkylation sites (tertiary alicyclic amines) is 1. The van der Waals surface area contributed by atoms with E-state index in [9.17, 15) is 9.59 Å². The Labute approximate surface area is 235 Å². The van der Waals surface area contributed by atoms with Gasteiger partial charge in [-0.05, 0) is 96.1 Å². The van der Waals surface area contributed by atoms with E-state index in [0.29, 0.717) is 5.92 Å². The van der Waals surface area contributed by atoms with Crippen LogP contribution in [0, 0.1) is 24.7 Å². The molecule has 1 aromatic heterocycles. The van der Waals surface area contributed by atoms with Crippen molar-refractivity contribution in [2.24, 2.45) is 17.8 Å². The molecule has 0 spiro atoms. The van der Waals surface area contributed by atoms with E-state index in [0.717, 1.165) is 41.8 Å². The molecule has 2 saturated carbocycles. The van der Waals surface area contributed by atoms with E-state index in [-0.39, 0.29) is 23.9 Å². The van der Waals surface area contributed by atoms with Crippen molar-refractivity contribution in [1.82, 2.24) is 20.2 Å². The van der Waals surface area contributed by atoms with Gasteiger partial charge in [-0.3, -0.25) is 4.79 Å². The first-order chi connectivity index (χ1) is 19.3. The van der Waals surface area contributed by atoms with Gasteiger partial charge in [-0.25, -0.2) is 9.78 Å². The van der Waals surface area contributed by atoms with Crippen LogP contribution < -0.4 is 5.32 Å². The number of aromatic amines is 1. The van der Waals surface area contributed by atoms with Crippen LogP contribution in [0.15, 0.2) is 42.6 Å². The van der Waals surface area contributed by atoms with Gasteiger partial charge < -0.3 is 19.9 Å². The van der Waals surface area contributed by atoms with Gasteiger partial charge in [-0.1, -0.05) is 50.2 Å².